The number of rotatable bonds is 2. The lowest BCUT2D eigenvalue weighted by Gasteiger charge is -2.05. The van der Waals surface area contributed by atoms with E-state index in [9.17, 15) is 4.79 Å². The Balaban J connectivity index is 3.25. The lowest BCUT2D eigenvalue weighted by molar-refractivity contribution is 0.0600. The second-order valence-corrected chi connectivity index (χ2v) is 3.71. The topological polar surface area (TPSA) is 39.2 Å². The van der Waals surface area contributed by atoms with Gasteiger partial charge in [0.1, 0.15) is 10.7 Å². The maximum absolute atomic E-state index is 11.2. The second-order valence-electron chi connectivity index (χ2n) is 2.39. The number of carbonyl (C=O) groups excluding carboxylic acids is 1. The average molecular weight is 299 g/mol. The Morgan fingerprint density at radius 1 is 1.64 bits per heavy atom. The molecule has 1 aromatic rings. The van der Waals surface area contributed by atoms with Crippen LogP contribution in [0.4, 0.5) is 0 Å². The SMILES string of the molecule is COC(=O)c1c(Cl)cc(CBr)nc1Cl. The number of ether oxygens (including phenoxy) is 1. The zero-order valence-electron chi connectivity index (χ0n) is 7.18. The van der Waals surface area contributed by atoms with Crippen molar-refractivity contribution in [2.75, 3.05) is 7.11 Å². The fraction of sp³-hybridized carbons (Fsp3) is 0.250. The van der Waals surface area contributed by atoms with Crippen LogP contribution in [0.15, 0.2) is 6.07 Å². The quantitative estimate of drug-likeness (QED) is 0.478. The van der Waals surface area contributed by atoms with Crippen molar-refractivity contribution in [1.29, 1.82) is 0 Å². The minimum atomic E-state index is -0.589. The number of carbonyl (C=O) groups is 1. The van der Waals surface area contributed by atoms with Gasteiger partial charge in [0.15, 0.2) is 0 Å². The van der Waals surface area contributed by atoms with Gasteiger partial charge in [-0.1, -0.05) is 39.1 Å². The number of pyridine rings is 1. The van der Waals surface area contributed by atoms with Gasteiger partial charge in [-0.15, -0.1) is 0 Å². The number of alkyl halides is 1. The Kier molecular flexibility index (Phi) is 4.16. The van der Waals surface area contributed by atoms with Gasteiger partial charge >= 0.3 is 5.97 Å². The summed E-state index contributed by atoms with van der Waals surface area (Å²) in [6.45, 7) is 0. The molecule has 14 heavy (non-hydrogen) atoms. The van der Waals surface area contributed by atoms with Crippen molar-refractivity contribution < 1.29 is 9.53 Å². The van der Waals surface area contributed by atoms with Gasteiger partial charge in [-0.05, 0) is 6.07 Å². The molecule has 1 aromatic heterocycles. The molecule has 0 saturated carbocycles. The lowest BCUT2D eigenvalue weighted by atomic mass is 10.2. The predicted octanol–water partition coefficient (Wildman–Crippen LogP) is 3.07. The van der Waals surface area contributed by atoms with Crippen molar-refractivity contribution >= 4 is 45.1 Å². The Labute approximate surface area is 99.5 Å². The van der Waals surface area contributed by atoms with Crippen LogP contribution in [0.2, 0.25) is 10.2 Å². The van der Waals surface area contributed by atoms with Crippen molar-refractivity contribution in [2.24, 2.45) is 0 Å². The van der Waals surface area contributed by atoms with Crippen molar-refractivity contribution in [3.05, 3.63) is 27.5 Å². The largest absolute Gasteiger partial charge is 0.465 e. The molecule has 0 unspecified atom stereocenters. The van der Waals surface area contributed by atoms with E-state index in [1.807, 2.05) is 0 Å². The number of hydrogen-bond acceptors (Lipinski definition) is 3. The summed E-state index contributed by atoms with van der Waals surface area (Å²) in [5, 5.41) is 0.818. The molecule has 1 rings (SSSR count). The number of halogens is 3. The monoisotopic (exact) mass is 297 g/mol. The summed E-state index contributed by atoms with van der Waals surface area (Å²) < 4.78 is 4.51. The summed E-state index contributed by atoms with van der Waals surface area (Å²) in [6, 6.07) is 1.56. The molecule has 0 aliphatic rings. The minimum Gasteiger partial charge on any atom is -0.465 e. The van der Waals surface area contributed by atoms with Crippen LogP contribution in [0.3, 0.4) is 0 Å². The van der Waals surface area contributed by atoms with E-state index in [4.69, 9.17) is 23.2 Å². The van der Waals surface area contributed by atoms with Gasteiger partial charge in [0.05, 0.1) is 17.8 Å². The first kappa shape index (κ1) is 11.8. The Bertz CT molecular complexity index is 347. The van der Waals surface area contributed by atoms with Crippen LogP contribution in [0.5, 0.6) is 0 Å². The second kappa shape index (κ2) is 4.96. The number of aromatic nitrogens is 1. The summed E-state index contributed by atoms with van der Waals surface area (Å²) in [7, 11) is 1.26. The molecule has 0 fully saturated rings. The van der Waals surface area contributed by atoms with Gasteiger partial charge in [0.2, 0.25) is 0 Å². The van der Waals surface area contributed by atoms with E-state index in [1.54, 1.807) is 6.07 Å². The molecule has 0 aliphatic carbocycles. The number of methoxy groups -OCH3 is 1. The van der Waals surface area contributed by atoms with E-state index in [2.05, 4.69) is 25.7 Å². The summed E-state index contributed by atoms with van der Waals surface area (Å²) in [5.74, 6) is -0.589. The molecule has 0 amide bonds. The van der Waals surface area contributed by atoms with E-state index >= 15 is 0 Å². The third-order valence-corrected chi connectivity index (χ3v) is 2.65. The van der Waals surface area contributed by atoms with E-state index in [-0.39, 0.29) is 15.7 Å². The van der Waals surface area contributed by atoms with Crippen molar-refractivity contribution in [3.8, 4) is 0 Å². The van der Waals surface area contributed by atoms with Crippen LogP contribution < -0.4 is 0 Å². The normalized spacial score (nSPS) is 10.0. The van der Waals surface area contributed by atoms with Crippen LogP contribution in [-0.2, 0) is 10.1 Å². The molecule has 6 heteroatoms. The zero-order chi connectivity index (χ0) is 10.7. The maximum Gasteiger partial charge on any atom is 0.342 e. The molecular formula is C8H6BrCl2NO2. The van der Waals surface area contributed by atoms with E-state index in [0.717, 1.165) is 0 Å². The molecule has 0 saturated heterocycles. The maximum atomic E-state index is 11.2. The first-order chi connectivity index (χ1) is 6.60. The van der Waals surface area contributed by atoms with Crippen LogP contribution in [0.25, 0.3) is 0 Å². The van der Waals surface area contributed by atoms with Crippen molar-refractivity contribution in [2.45, 2.75) is 5.33 Å². The summed E-state index contributed by atoms with van der Waals surface area (Å²) in [5.41, 5.74) is 0.758. The van der Waals surface area contributed by atoms with Gasteiger partial charge in [-0.2, -0.15) is 0 Å². The molecule has 76 valence electrons. The van der Waals surface area contributed by atoms with Crippen molar-refractivity contribution in [1.82, 2.24) is 4.98 Å². The van der Waals surface area contributed by atoms with Gasteiger partial charge < -0.3 is 4.74 Å². The van der Waals surface area contributed by atoms with Gasteiger partial charge in [0, 0.05) is 5.33 Å². The summed E-state index contributed by atoms with van der Waals surface area (Å²) in [4.78, 5) is 15.2. The van der Waals surface area contributed by atoms with Crippen LogP contribution in [-0.4, -0.2) is 18.1 Å². The molecular weight excluding hydrogens is 293 g/mol. The van der Waals surface area contributed by atoms with E-state index in [1.165, 1.54) is 7.11 Å². The molecule has 0 aromatic carbocycles. The third-order valence-electron chi connectivity index (χ3n) is 1.51. The molecule has 1 heterocycles. The lowest BCUT2D eigenvalue weighted by Crippen LogP contribution is -2.05. The molecule has 0 radical (unpaired) electrons. The highest BCUT2D eigenvalue weighted by Crippen LogP contribution is 2.25. The highest BCUT2D eigenvalue weighted by Gasteiger charge is 2.17. The van der Waals surface area contributed by atoms with Crippen LogP contribution in [0, 0.1) is 0 Å². The number of esters is 1. The van der Waals surface area contributed by atoms with Crippen LogP contribution >= 0.6 is 39.1 Å². The van der Waals surface area contributed by atoms with Crippen molar-refractivity contribution in [3.63, 3.8) is 0 Å². The minimum absolute atomic E-state index is 0.0544. The molecule has 0 atom stereocenters. The van der Waals surface area contributed by atoms with E-state index < -0.39 is 5.97 Å². The summed E-state index contributed by atoms with van der Waals surface area (Å²) >= 11 is 14.8. The van der Waals surface area contributed by atoms with Gasteiger partial charge in [-0.25, -0.2) is 9.78 Å². The van der Waals surface area contributed by atoms with Gasteiger partial charge in [0.25, 0.3) is 0 Å². The smallest absolute Gasteiger partial charge is 0.342 e. The number of nitrogens with zero attached hydrogens (tertiary/aromatic N) is 1. The Hall–Kier alpha value is -0.320. The molecule has 0 aliphatic heterocycles. The first-order valence-electron chi connectivity index (χ1n) is 3.59. The molecule has 0 N–H and O–H groups in total. The number of hydrogen-bond donors (Lipinski definition) is 0. The van der Waals surface area contributed by atoms with E-state index in [0.29, 0.717) is 11.0 Å². The molecule has 0 spiro atoms. The molecule has 0 bridgehead atoms. The Morgan fingerprint density at radius 3 is 2.71 bits per heavy atom. The summed E-state index contributed by atoms with van der Waals surface area (Å²) in [6.07, 6.45) is 0. The average Bonchev–Trinajstić information content (AvgIpc) is 2.16. The standard InChI is InChI=1S/C8H6BrCl2NO2/c1-14-8(13)6-5(10)2-4(3-9)12-7(6)11/h2H,3H2,1H3. The van der Waals surface area contributed by atoms with Gasteiger partial charge in [-0.3, -0.25) is 0 Å². The zero-order valence-corrected chi connectivity index (χ0v) is 10.3. The predicted molar refractivity (Wildman–Crippen MR) is 58.2 cm³/mol. The highest BCUT2D eigenvalue weighted by molar-refractivity contribution is 9.08. The molecule has 3 nitrogen and oxygen atoms in total. The fourth-order valence-electron chi connectivity index (χ4n) is 0.883. The fourth-order valence-corrected chi connectivity index (χ4v) is 1.80. The third kappa shape index (κ3) is 2.38. The Morgan fingerprint density at radius 2 is 2.29 bits per heavy atom. The highest BCUT2D eigenvalue weighted by atomic mass is 79.9. The van der Waals surface area contributed by atoms with Crippen LogP contribution in [0.1, 0.15) is 16.1 Å². The first-order valence-corrected chi connectivity index (χ1v) is 5.47.